The van der Waals surface area contributed by atoms with E-state index in [4.69, 9.17) is 0 Å². The molecule has 23 heavy (non-hydrogen) atoms. The number of aliphatic hydroxyl groups is 2. The first-order chi connectivity index (χ1) is 11.1. The van der Waals surface area contributed by atoms with E-state index >= 15 is 0 Å². The summed E-state index contributed by atoms with van der Waals surface area (Å²) < 4.78 is 0. The van der Waals surface area contributed by atoms with Gasteiger partial charge in [0, 0.05) is 0 Å². The zero-order chi connectivity index (χ0) is 17.0. The van der Waals surface area contributed by atoms with Crippen LogP contribution in [0.1, 0.15) is 96.1 Å². The molecule has 1 aromatic carbocycles. The van der Waals surface area contributed by atoms with Gasteiger partial charge in [-0.1, -0.05) is 82.7 Å². The van der Waals surface area contributed by atoms with Gasteiger partial charge in [0.15, 0.2) is 0 Å². The monoisotopic (exact) mass is 320 g/mol. The molecular weight excluding hydrogens is 284 g/mol. The largest absolute Gasteiger partial charge is 0.390 e. The van der Waals surface area contributed by atoms with Crippen molar-refractivity contribution in [3.05, 3.63) is 35.9 Å². The topological polar surface area (TPSA) is 40.5 Å². The first-order valence-corrected chi connectivity index (χ1v) is 9.56. The molecule has 0 spiro atoms. The maximum atomic E-state index is 11.0. The molecule has 2 heteroatoms. The average Bonchev–Trinajstić information content (AvgIpc) is 2.56. The van der Waals surface area contributed by atoms with Gasteiger partial charge < -0.3 is 10.2 Å². The van der Waals surface area contributed by atoms with Crippen molar-refractivity contribution in [2.75, 3.05) is 0 Å². The Morgan fingerprint density at radius 3 is 1.87 bits per heavy atom. The Balaban J connectivity index is 2.42. The predicted octanol–water partition coefficient (Wildman–Crippen LogP) is 5.78. The van der Waals surface area contributed by atoms with E-state index in [1.165, 1.54) is 25.7 Å². The fraction of sp³-hybridized carbons (Fsp3) is 0.714. The highest BCUT2D eigenvalue weighted by Gasteiger charge is 2.25. The molecule has 0 amide bonds. The lowest BCUT2D eigenvalue weighted by Crippen LogP contribution is -2.28. The molecular formula is C21H36O2. The molecule has 0 aliphatic heterocycles. The molecule has 1 rings (SSSR count). The number of unbranched alkanes of at least 4 members (excludes halogenated alkanes) is 4. The molecule has 0 saturated heterocycles. The van der Waals surface area contributed by atoms with Gasteiger partial charge in [0.25, 0.3) is 0 Å². The minimum absolute atomic E-state index is 0.410. The van der Waals surface area contributed by atoms with Gasteiger partial charge in [-0.2, -0.15) is 0 Å². The number of benzene rings is 1. The van der Waals surface area contributed by atoms with Gasteiger partial charge in [-0.15, -0.1) is 0 Å². The summed E-state index contributed by atoms with van der Waals surface area (Å²) in [6, 6.07) is 9.84. The Morgan fingerprint density at radius 1 is 0.826 bits per heavy atom. The number of rotatable bonds is 13. The van der Waals surface area contributed by atoms with Crippen molar-refractivity contribution in [1.82, 2.24) is 0 Å². The van der Waals surface area contributed by atoms with Crippen LogP contribution in [0, 0.1) is 0 Å². The maximum Gasteiger partial charge on any atom is 0.0790 e. The Morgan fingerprint density at radius 2 is 1.35 bits per heavy atom. The SMILES string of the molecule is CCCCCC(O)(CCCCC)CCCC(O)c1ccccc1. The molecule has 0 aliphatic rings. The zero-order valence-corrected chi connectivity index (χ0v) is 15.1. The molecule has 0 radical (unpaired) electrons. The lowest BCUT2D eigenvalue weighted by molar-refractivity contribution is 0.00436. The summed E-state index contributed by atoms with van der Waals surface area (Å²) in [7, 11) is 0. The predicted molar refractivity (Wildman–Crippen MR) is 98.5 cm³/mol. The summed E-state index contributed by atoms with van der Waals surface area (Å²) in [5, 5.41) is 21.2. The van der Waals surface area contributed by atoms with E-state index < -0.39 is 11.7 Å². The minimum atomic E-state index is -0.527. The summed E-state index contributed by atoms with van der Waals surface area (Å²) >= 11 is 0. The number of aliphatic hydroxyl groups excluding tert-OH is 1. The standard InChI is InChI=1S/C21H36O2/c1-3-5-10-16-21(23,17-11-6-4-2)18-12-15-20(22)19-13-8-7-9-14-19/h7-9,13-14,20,22-23H,3-6,10-12,15-18H2,1-2H3. The summed E-state index contributed by atoms with van der Waals surface area (Å²) in [6.07, 6.45) is 10.8. The fourth-order valence-corrected chi connectivity index (χ4v) is 3.25. The van der Waals surface area contributed by atoms with Crippen molar-refractivity contribution in [3.63, 3.8) is 0 Å². The molecule has 0 fully saturated rings. The molecule has 1 atom stereocenters. The van der Waals surface area contributed by atoms with E-state index in [0.717, 1.165) is 50.5 Å². The van der Waals surface area contributed by atoms with E-state index in [-0.39, 0.29) is 0 Å². The van der Waals surface area contributed by atoms with E-state index in [1.54, 1.807) is 0 Å². The fourth-order valence-electron chi connectivity index (χ4n) is 3.25. The van der Waals surface area contributed by atoms with Gasteiger partial charge in [-0.05, 0) is 37.7 Å². The van der Waals surface area contributed by atoms with Crippen molar-refractivity contribution >= 4 is 0 Å². The first-order valence-electron chi connectivity index (χ1n) is 9.56. The molecule has 0 aliphatic carbocycles. The Hall–Kier alpha value is -0.860. The number of hydrogen-bond acceptors (Lipinski definition) is 2. The Labute approximate surface area is 142 Å². The van der Waals surface area contributed by atoms with E-state index in [1.807, 2.05) is 30.3 Å². The second kappa shape index (κ2) is 11.6. The highest BCUT2D eigenvalue weighted by molar-refractivity contribution is 5.17. The molecule has 0 saturated carbocycles. The third kappa shape index (κ3) is 8.53. The third-order valence-corrected chi connectivity index (χ3v) is 4.80. The summed E-state index contributed by atoms with van der Waals surface area (Å²) in [5.41, 5.74) is 0.453. The normalized spacial score (nSPS) is 13.2. The molecule has 0 heterocycles. The van der Waals surface area contributed by atoms with E-state index in [2.05, 4.69) is 13.8 Å². The van der Waals surface area contributed by atoms with Gasteiger partial charge in [-0.25, -0.2) is 0 Å². The van der Waals surface area contributed by atoms with Gasteiger partial charge in [-0.3, -0.25) is 0 Å². The summed E-state index contributed by atoms with van der Waals surface area (Å²) in [5.74, 6) is 0. The Kier molecular flexibility index (Phi) is 10.2. The van der Waals surface area contributed by atoms with Crippen LogP contribution in [-0.4, -0.2) is 15.8 Å². The molecule has 1 aromatic rings. The van der Waals surface area contributed by atoms with Crippen LogP contribution in [0.25, 0.3) is 0 Å². The molecule has 0 bridgehead atoms. The van der Waals surface area contributed by atoms with Crippen LogP contribution in [-0.2, 0) is 0 Å². The molecule has 1 unspecified atom stereocenters. The molecule has 132 valence electrons. The van der Waals surface area contributed by atoms with Crippen LogP contribution in [0.4, 0.5) is 0 Å². The van der Waals surface area contributed by atoms with Crippen molar-refractivity contribution in [2.24, 2.45) is 0 Å². The third-order valence-electron chi connectivity index (χ3n) is 4.80. The van der Waals surface area contributed by atoms with Crippen LogP contribution in [0.5, 0.6) is 0 Å². The quantitative estimate of drug-likeness (QED) is 0.452. The van der Waals surface area contributed by atoms with E-state index in [9.17, 15) is 10.2 Å². The van der Waals surface area contributed by atoms with Crippen LogP contribution >= 0.6 is 0 Å². The molecule has 2 nitrogen and oxygen atoms in total. The Bertz CT molecular complexity index is 378. The van der Waals surface area contributed by atoms with Gasteiger partial charge in [0.2, 0.25) is 0 Å². The zero-order valence-electron chi connectivity index (χ0n) is 15.1. The summed E-state index contributed by atoms with van der Waals surface area (Å²) in [6.45, 7) is 4.40. The van der Waals surface area contributed by atoms with Crippen LogP contribution in [0.2, 0.25) is 0 Å². The second-order valence-electron chi connectivity index (χ2n) is 6.96. The first kappa shape index (κ1) is 20.2. The highest BCUT2D eigenvalue weighted by atomic mass is 16.3. The van der Waals surface area contributed by atoms with Crippen LogP contribution < -0.4 is 0 Å². The lowest BCUT2D eigenvalue weighted by atomic mass is 9.85. The second-order valence-corrected chi connectivity index (χ2v) is 6.96. The van der Waals surface area contributed by atoms with Crippen molar-refractivity contribution < 1.29 is 10.2 Å². The van der Waals surface area contributed by atoms with Crippen LogP contribution in [0.3, 0.4) is 0 Å². The number of hydrogen-bond donors (Lipinski definition) is 2. The van der Waals surface area contributed by atoms with E-state index in [0.29, 0.717) is 0 Å². The molecule has 0 aromatic heterocycles. The lowest BCUT2D eigenvalue weighted by Gasteiger charge is -2.29. The summed E-state index contributed by atoms with van der Waals surface area (Å²) in [4.78, 5) is 0. The highest BCUT2D eigenvalue weighted by Crippen LogP contribution is 2.29. The van der Waals surface area contributed by atoms with Gasteiger partial charge in [0.1, 0.15) is 0 Å². The van der Waals surface area contributed by atoms with Gasteiger partial charge >= 0.3 is 0 Å². The van der Waals surface area contributed by atoms with Crippen LogP contribution in [0.15, 0.2) is 30.3 Å². The average molecular weight is 321 g/mol. The van der Waals surface area contributed by atoms with Crippen molar-refractivity contribution in [2.45, 2.75) is 96.2 Å². The van der Waals surface area contributed by atoms with Gasteiger partial charge in [0.05, 0.1) is 11.7 Å². The smallest absolute Gasteiger partial charge is 0.0790 e. The maximum absolute atomic E-state index is 11.0. The minimum Gasteiger partial charge on any atom is -0.390 e. The van der Waals surface area contributed by atoms with Crippen molar-refractivity contribution in [1.29, 1.82) is 0 Å². The molecule has 2 N–H and O–H groups in total. The van der Waals surface area contributed by atoms with Crippen molar-refractivity contribution in [3.8, 4) is 0 Å².